The maximum absolute atomic E-state index is 12.8. The normalized spacial score (nSPS) is 12.0. The van der Waals surface area contributed by atoms with E-state index in [-0.39, 0.29) is 31.1 Å². The summed E-state index contributed by atoms with van der Waals surface area (Å²) in [7, 11) is 0. The van der Waals surface area contributed by atoms with E-state index in [1.54, 1.807) is 0 Å². The number of hydrogen-bond donors (Lipinski definition) is 0. The number of carbonyl (C=O) groups is 3. The minimum Gasteiger partial charge on any atom is -0.462 e. The molecular formula is C58H112O6. The minimum atomic E-state index is -0.761. The van der Waals surface area contributed by atoms with Gasteiger partial charge in [0.25, 0.3) is 0 Å². The summed E-state index contributed by atoms with van der Waals surface area (Å²) >= 11 is 0. The fraction of sp³-hybridized carbons (Fsp3) is 0.948. The number of carbonyl (C=O) groups excluding carboxylic acids is 3. The molecule has 0 saturated carbocycles. The second kappa shape index (κ2) is 52.4. The Morgan fingerprint density at radius 1 is 0.297 bits per heavy atom. The van der Waals surface area contributed by atoms with Gasteiger partial charge >= 0.3 is 17.9 Å². The molecule has 0 spiro atoms. The van der Waals surface area contributed by atoms with Crippen molar-refractivity contribution < 1.29 is 28.6 Å². The lowest BCUT2D eigenvalue weighted by molar-refractivity contribution is -0.167. The molecule has 380 valence electrons. The van der Waals surface area contributed by atoms with Crippen LogP contribution in [-0.2, 0) is 28.6 Å². The van der Waals surface area contributed by atoms with Crippen LogP contribution in [0.5, 0.6) is 0 Å². The monoisotopic (exact) mass is 905 g/mol. The van der Waals surface area contributed by atoms with Crippen LogP contribution in [0, 0.1) is 5.92 Å². The third kappa shape index (κ3) is 51.4. The van der Waals surface area contributed by atoms with Crippen LogP contribution in [0.25, 0.3) is 0 Å². The van der Waals surface area contributed by atoms with Gasteiger partial charge in [-0.3, -0.25) is 14.4 Å². The topological polar surface area (TPSA) is 78.9 Å². The van der Waals surface area contributed by atoms with Gasteiger partial charge in [0.1, 0.15) is 13.2 Å². The second-order valence-electron chi connectivity index (χ2n) is 20.4. The predicted octanol–water partition coefficient (Wildman–Crippen LogP) is 19.0. The highest BCUT2D eigenvalue weighted by Crippen LogP contribution is 2.18. The zero-order valence-corrected chi connectivity index (χ0v) is 43.8. The molecule has 0 saturated heterocycles. The molecule has 0 aliphatic heterocycles. The largest absolute Gasteiger partial charge is 0.462 e. The van der Waals surface area contributed by atoms with Gasteiger partial charge in [0, 0.05) is 19.3 Å². The van der Waals surface area contributed by atoms with Gasteiger partial charge < -0.3 is 14.2 Å². The molecule has 0 bridgehead atoms. The summed E-state index contributed by atoms with van der Waals surface area (Å²) in [5.74, 6) is 0.00917. The van der Waals surface area contributed by atoms with Crippen LogP contribution >= 0.6 is 0 Å². The van der Waals surface area contributed by atoms with Crippen LogP contribution < -0.4 is 0 Å². The molecular weight excluding hydrogens is 793 g/mol. The van der Waals surface area contributed by atoms with Gasteiger partial charge in [0.15, 0.2) is 6.10 Å². The lowest BCUT2D eigenvalue weighted by Crippen LogP contribution is -2.30. The van der Waals surface area contributed by atoms with E-state index in [9.17, 15) is 14.4 Å². The first kappa shape index (κ1) is 62.4. The summed E-state index contributed by atoms with van der Waals surface area (Å²) in [5.41, 5.74) is 0. The standard InChI is InChI=1S/C58H112O6/c1-5-7-9-11-13-15-17-19-20-21-22-26-30-33-37-41-45-49-56(59)62-52-55(64-58(61)51-47-43-39-35-29-18-16-14-12-10-8-6-2)53-63-57(60)50-46-42-38-34-31-27-24-23-25-28-32-36-40-44-48-54(3)4/h54-55H,5-53H2,1-4H3/t55-/m0/s1. The molecule has 0 aliphatic carbocycles. The predicted molar refractivity (Wildman–Crippen MR) is 275 cm³/mol. The quantitative estimate of drug-likeness (QED) is 0.0344. The van der Waals surface area contributed by atoms with Gasteiger partial charge in [0.2, 0.25) is 0 Å². The van der Waals surface area contributed by atoms with E-state index in [0.29, 0.717) is 19.3 Å². The molecule has 64 heavy (non-hydrogen) atoms. The van der Waals surface area contributed by atoms with Crippen LogP contribution in [0.4, 0.5) is 0 Å². The minimum absolute atomic E-state index is 0.0618. The highest BCUT2D eigenvalue weighted by molar-refractivity contribution is 5.71. The zero-order chi connectivity index (χ0) is 46.7. The fourth-order valence-corrected chi connectivity index (χ4v) is 8.92. The molecule has 0 fully saturated rings. The molecule has 0 heterocycles. The van der Waals surface area contributed by atoms with E-state index in [0.717, 1.165) is 63.7 Å². The highest BCUT2D eigenvalue weighted by Gasteiger charge is 2.19. The van der Waals surface area contributed by atoms with Gasteiger partial charge in [-0.15, -0.1) is 0 Å². The van der Waals surface area contributed by atoms with Crippen molar-refractivity contribution in [1.29, 1.82) is 0 Å². The lowest BCUT2D eigenvalue weighted by atomic mass is 10.0. The molecule has 6 nitrogen and oxygen atoms in total. The van der Waals surface area contributed by atoms with E-state index in [4.69, 9.17) is 14.2 Å². The van der Waals surface area contributed by atoms with Crippen molar-refractivity contribution in [1.82, 2.24) is 0 Å². The molecule has 0 radical (unpaired) electrons. The third-order valence-electron chi connectivity index (χ3n) is 13.3. The average Bonchev–Trinajstić information content (AvgIpc) is 3.28. The Kier molecular flexibility index (Phi) is 51.1. The van der Waals surface area contributed by atoms with Crippen molar-refractivity contribution in [2.75, 3.05) is 13.2 Å². The fourth-order valence-electron chi connectivity index (χ4n) is 8.92. The molecule has 0 unspecified atom stereocenters. The molecule has 0 aromatic carbocycles. The summed E-state index contributed by atoms with van der Waals surface area (Å²) in [6, 6.07) is 0. The summed E-state index contributed by atoms with van der Waals surface area (Å²) in [6.07, 6.45) is 56.6. The van der Waals surface area contributed by atoms with E-state index in [2.05, 4.69) is 27.7 Å². The Hall–Kier alpha value is -1.59. The maximum atomic E-state index is 12.8. The third-order valence-corrected chi connectivity index (χ3v) is 13.3. The lowest BCUT2D eigenvalue weighted by Gasteiger charge is -2.18. The maximum Gasteiger partial charge on any atom is 0.306 e. The van der Waals surface area contributed by atoms with Crippen LogP contribution in [0.2, 0.25) is 0 Å². The summed E-state index contributed by atoms with van der Waals surface area (Å²) in [6.45, 7) is 9.06. The molecule has 0 rings (SSSR count). The molecule has 0 amide bonds. The van der Waals surface area contributed by atoms with Crippen molar-refractivity contribution in [2.24, 2.45) is 5.92 Å². The van der Waals surface area contributed by atoms with Crippen LogP contribution in [0.1, 0.15) is 329 Å². The molecule has 0 N–H and O–H groups in total. The molecule has 0 aromatic heterocycles. The number of unbranched alkanes of at least 4 members (excludes halogenated alkanes) is 40. The summed E-state index contributed by atoms with van der Waals surface area (Å²) < 4.78 is 16.9. The van der Waals surface area contributed by atoms with Gasteiger partial charge in [-0.05, 0) is 25.2 Å². The van der Waals surface area contributed by atoms with Gasteiger partial charge in [0.05, 0.1) is 0 Å². The SMILES string of the molecule is CCCCCCCCCCCCCCCCCCCC(=O)OC[C@@H](COC(=O)CCCCCCCCCCCCCCCCC(C)C)OC(=O)CCCCCCCCCCCCCC. The average molecular weight is 906 g/mol. The van der Waals surface area contributed by atoms with Crippen molar-refractivity contribution in [3.8, 4) is 0 Å². The molecule has 6 heteroatoms. The Labute approximate surface area is 399 Å². The Morgan fingerprint density at radius 3 is 0.766 bits per heavy atom. The first-order valence-electron chi connectivity index (χ1n) is 28.9. The van der Waals surface area contributed by atoms with Crippen LogP contribution in [0.15, 0.2) is 0 Å². The second-order valence-corrected chi connectivity index (χ2v) is 20.4. The molecule has 1 atom stereocenters. The van der Waals surface area contributed by atoms with Gasteiger partial charge in [-0.2, -0.15) is 0 Å². The summed E-state index contributed by atoms with van der Waals surface area (Å²) in [4.78, 5) is 38.1. The van der Waals surface area contributed by atoms with Crippen molar-refractivity contribution >= 4 is 17.9 Å². The Morgan fingerprint density at radius 2 is 0.516 bits per heavy atom. The van der Waals surface area contributed by atoms with E-state index >= 15 is 0 Å². The number of ether oxygens (including phenoxy) is 3. The van der Waals surface area contributed by atoms with E-state index in [1.807, 2.05) is 0 Å². The Balaban J connectivity index is 4.26. The van der Waals surface area contributed by atoms with Crippen LogP contribution in [0.3, 0.4) is 0 Å². The highest BCUT2D eigenvalue weighted by atomic mass is 16.6. The van der Waals surface area contributed by atoms with Crippen molar-refractivity contribution in [3.05, 3.63) is 0 Å². The van der Waals surface area contributed by atoms with Crippen LogP contribution in [-0.4, -0.2) is 37.2 Å². The van der Waals surface area contributed by atoms with Crippen molar-refractivity contribution in [2.45, 2.75) is 336 Å². The van der Waals surface area contributed by atoms with Gasteiger partial charge in [-0.25, -0.2) is 0 Å². The van der Waals surface area contributed by atoms with E-state index in [1.165, 1.54) is 225 Å². The van der Waals surface area contributed by atoms with Gasteiger partial charge in [-0.1, -0.05) is 291 Å². The smallest absolute Gasteiger partial charge is 0.306 e. The zero-order valence-electron chi connectivity index (χ0n) is 43.8. The number of hydrogen-bond acceptors (Lipinski definition) is 6. The van der Waals surface area contributed by atoms with E-state index < -0.39 is 6.10 Å². The number of rotatable bonds is 53. The first-order chi connectivity index (χ1) is 31.4. The summed E-state index contributed by atoms with van der Waals surface area (Å²) in [5, 5.41) is 0. The van der Waals surface area contributed by atoms with Crippen molar-refractivity contribution in [3.63, 3.8) is 0 Å². The molecule has 0 aliphatic rings. The Bertz CT molecular complexity index is 964. The molecule has 0 aromatic rings. The first-order valence-corrected chi connectivity index (χ1v) is 28.9. The number of esters is 3.